The molecule has 0 bridgehead atoms. The number of anilines is 2. The molecule has 0 fully saturated rings. The van der Waals surface area contributed by atoms with Gasteiger partial charge in [0.15, 0.2) is 0 Å². The Morgan fingerprint density at radius 2 is 1.65 bits per heavy atom. The predicted octanol–water partition coefficient (Wildman–Crippen LogP) is 6.97. The van der Waals surface area contributed by atoms with Crippen molar-refractivity contribution < 1.29 is 9.52 Å². The minimum atomic E-state index is 0.170. The second-order valence-corrected chi connectivity index (χ2v) is 7.69. The van der Waals surface area contributed by atoms with E-state index < -0.39 is 0 Å². The van der Waals surface area contributed by atoms with Crippen molar-refractivity contribution in [2.75, 3.05) is 5.32 Å². The summed E-state index contributed by atoms with van der Waals surface area (Å²) in [6, 6.07) is 22.6. The van der Waals surface area contributed by atoms with Crippen LogP contribution in [-0.2, 0) is 0 Å². The quantitative estimate of drug-likeness (QED) is 0.324. The first-order valence-corrected chi connectivity index (χ1v) is 10.1. The fourth-order valence-electron chi connectivity index (χ4n) is 3.55. The van der Waals surface area contributed by atoms with Crippen LogP contribution in [0.2, 0.25) is 5.02 Å². The Balaban J connectivity index is 1.76. The molecule has 2 N–H and O–H groups in total. The average Bonchev–Trinajstić information content (AvgIpc) is 3.15. The van der Waals surface area contributed by atoms with E-state index in [9.17, 15) is 5.11 Å². The van der Waals surface area contributed by atoms with Gasteiger partial charge in [-0.3, -0.25) is 0 Å². The Hall–Kier alpha value is -3.83. The van der Waals surface area contributed by atoms with E-state index in [0.717, 1.165) is 22.1 Å². The van der Waals surface area contributed by atoms with Crippen molar-refractivity contribution in [2.45, 2.75) is 6.92 Å². The second-order valence-electron chi connectivity index (χ2n) is 7.26. The molecule has 3 aromatic carbocycles. The summed E-state index contributed by atoms with van der Waals surface area (Å²) < 4.78 is 6.23. The molecule has 5 rings (SSSR count). The van der Waals surface area contributed by atoms with Gasteiger partial charge in [0, 0.05) is 27.9 Å². The zero-order chi connectivity index (χ0) is 21.4. The average molecular weight is 428 g/mol. The van der Waals surface area contributed by atoms with Gasteiger partial charge < -0.3 is 14.8 Å². The zero-order valence-electron chi connectivity index (χ0n) is 16.6. The number of fused-ring (bicyclic) bond motifs is 1. The molecule has 0 aliphatic carbocycles. The second kappa shape index (κ2) is 7.78. The van der Waals surface area contributed by atoms with E-state index in [0.29, 0.717) is 28.0 Å². The Morgan fingerprint density at radius 3 is 2.39 bits per heavy atom. The minimum Gasteiger partial charge on any atom is -0.508 e. The lowest BCUT2D eigenvalue weighted by molar-refractivity contribution is 0.475. The van der Waals surface area contributed by atoms with Gasteiger partial charge in [-0.2, -0.15) is 0 Å². The number of benzene rings is 3. The van der Waals surface area contributed by atoms with Gasteiger partial charge in [0.1, 0.15) is 23.7 Å². The molecule has 5 aromatic rings. The molecule has 31 heavy (non-hydrogen) atoms. The molecular formula is C25H18ClN3O2. The molecular weight excluding hydrogens is 410 g/mol. The number of aromatic hydroxyl groups is 1. The molecule has 0 aliphatic heterocycles. The minimum absolute atomic E-state index is 0.170. The molecule has 0 radical (unpaired) electrons. The number of hydrogen-bond donors (Lipinski definition) is 2. The lowest BCUT2D eigenvalue weighted by Gasteiger charge is -2.09. The van der Waals surface area contributed by atoms with E-state index in [-0.39, 0.29) is 5.75 Å². The van der Waals surface area contributed by atoms with Crippen LogP contribution < -0.4 is 5.32 Å². The number of hydrogen-bond acceptors (Lipinski definition) is 5. The van der Waals surface area contributed by atoms with Gasteiger partial charge >= 0.3 is 0 Å². The summed E-state index contributed by atoms with van der Waals surface area (Å²) in [6.07, 6.45) is 1.46. The van der Waals surface area contributed by atoms with Crippen molar-refractivity contribution >= 4 is 34.2 Å². The highest BCUT2D eigenvalue weighted by Gasteiger charge is 2.22. The Labute approximate surface area is 184 Å². The van der Waals surface area contributed by atoms with E-state index in [2.05, 4.69) is 46.5 Å². The van der Waals surface area contributed by atoms with Crippen molar-refractivity contribution in [3.8, 4) is 28.2 Å². The van der Waals surface area contributed by atoms with Crippen LogP contribution in [0.4, 0.5) is 11.5 Å². The first kappa shape index (κ1) is 19.2. The Morgan fingerprint density at radius 1 is 0.903 bits per heavy atom. The van der Waals surface area contributed by atoms with Crippen molar-refractivity contribution in [3.05, 3.63) is 89.7 Å². The van der Waals surface area contributed by atoms with Crippen LogP contribution in [0.5, 0.6) is 5.75 Å². The molecule has 2 heterocycles. The summed E-state index contributed by atoms with van der Waals surface area (Å²) in [5.41, 5.74) is 5.12. The van der Waals surface area contributed by atoms with Gasteiger partial charge in [0.25, 0.3) is 0 Å². The molecule has 0 unspecified atom stereocenters. The van der Waals surface area contributed by atoms with Crippen LogP contribution in [0.25, 0.3) is 33.6 Å². The van der Waals surface area contributed by atoms with E-state index in [1.165, 1.54) is 11.9 Å². The van der Waals surface area contributed by atoms with Crippen molar-refractivity contribution in [1.29, 1.82) is 0 Å². The molecule has 0 atom stereocenters. The number of rotatable bonds is 4. The van der Waals surface area contributed by atoms with Crippen molar-refractivity contribution in [1.82, 2.24) is 9.97 Å². The zero-order valence-corrected chi connectivity index (χ0v) is 17.4. The van der Waals surface area contributed by atoms with Gasteiger partial charge in [0.05, 0.1) is 5.39 Å². The largest absolute Gasteiger partial charge is 0.508 e. The highest BCUT2D eigenvalue weighted by molar-refractivity contribution is 6.30. The summed E-state index contributed by atoms with van der Waals surface area (Å²) in [7, 11) is 0. The molecule has 0 aliphatic rings. The first-order valence-electron chi connectivity index (χ1n) is 9.75. The molecule has 6 heteroatoms. The van der Waals surface area contributed by atoms with Gasteiger partial charge in [-0.1, -0.05) is 47.5 Å². The molecule has 152 valence electrons. The third kappa shape index (κ3) is 3.71. The maximum absolute atomic E-state index is 9.84. The van der Waals surface area contributed by atoms with Gasteiger partial charge in [0.2, 0.25) is 5.71 Å². The van der Waals surface area contributed by atoms with Crippen LogP contribution in [0.1, 0.15) is 5.56 Å². The summed E-state index contributed by atoms with van der Waals surface area (Å²) >= 11 is 6.10. The number of aromatic nitrogens is 2. The van der Waals surface area contributed by atoms with Crippen LogP contribution in [-0.4, -0.2) is 15.1 Å². The van der Waals surface area contributed by atoms with Crippen LogP contribution in [0.3, 0.4) is 0 Å². The van der Waals surface area contributed by atoms with Crippen LogP contribution in [0, 0.1) is 6.92 Å². The van der Waals surface area contributed by atoms with Crippen molar-refractivity contribution in [3.63, 3.8) is 0 Å². The van der Waals surface area contributed by atoms with Gasteiger partial charge in [-0.15, -0.1) is 0 Å². The fourth-order valence-corrected chi connectivity index (χ4v) is 3.67. The maximum Gasteiger partial charge on any atom is 0.232 e. The van der Waals surface area contributed by atoms with E-state index in [1.54, 1.807) is 18.2 Å². The number of aryl methyl sites for hydroxylation is 1. The Bertz CT molecular complexity index is 1380. The SMILES string of the molecule is Cc1ccc(-c2c(-c3ccc(Cl)cc3)oc3ncnc(Nc4cccc(O)c4)c23)cc1. The molecule has 0 spiro atoms. The van der Waals surface area contributed by atoms with Gasteiger partial charge in [-0.25, -0.2) is 9.97 Å². The number of nitrogens with zero attached hydrogens (tertiary/aromatic N) is 2. The smallest absolute Gasteiger partial charge is 0.232 e. The standard InChI is InChI=1S/C25H18ClN3O2/c1-15-5-7-16(8-6-15)21-22-24(29-19-3-2-4-20(30)13-19)27-14-28-25(22)31-23(21)17-9-11-18(26)12-10-17/h2-14,30H,1H3,(H,27,28,29). The molecule has 5 nitrogen and oxygen atoms in total. The molecule has 0 saturated carbocycles. The normalized spacial score (nSPS) is 11.0. The van der Waals surface area contributed by atoms with E-state index in [4.69, 9.17) is 16.0 Å². The molecule has 0 saturated heterocycles. The summed E-state index contributed by atoms with van der Waals surface area (Å²) in [5.74, 6) is 1.45. The first-order chi connectivity index (χ1) is 15.1. The Kier molecular flexibility index (Phi) is 4.81. The fraction of sp³-hybridized carbons (Fsp3) is 0.0400. The predicted molar refractivity (Wildman–Crippen MR) is 124 cm³/mol. The van der Waals surface area contributed by atoms with Crippen LogP contribution >= 0.6 is 11.6 Å². The lowest BCUT2D eigenvalue weighted by Crippen LogP contribution is -1.95. The highest BCUT2D eigenvalue weighted by Crippen LogP contribution is 2.43. The number of furan rings is 1. The van der Waals surface area contributed by atoms with E-state index in [1.807, 2.05) is 30.3 Å². The third-order valence-corrected chi connectivity index (χ3v) is 5.30. The maximum atomic E-state index is 9.84. The van der Waals surface area contributed by atoms with Crippen LogP contribution in [0.15, 0.2) is 83.5 Å². The number of nitrogens with one attached hydrogen (secondary N) is 1. The molecule has 0 amide bonds. The number of phenolic OH excluding ortho intramolecular Hbond substituents is 1. The summed E-state index contributed by atoms with van der Waals surface area (Å²) in [6.45, 7) is 2.05. The number of halogens is 1. The summed E-state index contributed by atoms with van der Waals surface area (Å²) in [4.78, 5) is 8.85. The van der Waals surface area contributed by atoms with E-state index >= 15 is 0 Å². The number of phenols is 1. The summed E-state index contributed by atoms with van der Waals surface area (Å²) in [5, 5.41) is 14.5. The van der Waals surface area contributed by atoms with Gasteiger partial charge in [-0.05, 0) is 48.9 Å². The third-order valence-electron chi connectivity index (χ3n) is 5.04. The highest BCUT2D eigenvalue weighted by atomic mass is 35.5. The monoisotopic (exact) mass is 427 g/mol. The topological polar surface area (TPSA) is 71.2 Å². The lowest BCUT2D eigenvalue weighted by atomic mass is 9.98. The van der Waals surface area contributed by atoms with Crippen molar-refractivity contribution in [2.24, 2.45) is 0 Å². The molecule has 2 aromatic heterocycles.